The molecule has 0 bridgehead atoms. The first-order valence-corrected chi connectivity index (χ1v) is 7.11. The van der Waals surface area contributed by atoms with E-state index in [-0.39, 0.29) is 5.82 Å². The summed E-state index contributed by atoms with van der Waals surface area (Å²) in [5.74, 6) is 0.392. The van der Waals surface area contributed by atoms with Crippen LogP contribution in [0.15, 0.2) is 34.1 Å². The minimum Gasteiger partial charge on any atom is -0.394 e. The highest BCUT2D eigenvalue weighted by atomic mass is 16.6. The summed E-state index contributed by atoms with van der Waals surface area (Å²) in [4.78, 5) is 30.9. The van der Waals surface area contributed by atoms with Crippen LogP contribution in [0.25, 0.3) is 0 Å². The minimum atomic E-state index is -1.31. The van der Waals surface area contributed by atoms with E-state index in [9.17, 15) is 19.8 Å². The van der Waals surface area contributed by atoms with Crippen molar-refractivity contribution >= 4 is 11.6 Å². The second-order valence-corrected chi connectivity index (χ2v) is 5.10. The fourth-order valence-electron chi connectivity index (χ4n) is 2.11. The highest BCUT2D eigenvalue weighted by Crippen LogP contribution is 2.27. The molecule has 0 spiro atoms. The molecule has 8 N–H and O–H groups in total. The smallest absolute Gasteiger partial charge is 0.351 e. The molecule has 1 fully saturated rings. The topological polar surface area (TPSA) is 203 Å². The van der Waals surface area contributed by atoms with E-state index in [1.807, 2.05) is 0 Å². The summed E-state index contributed by atoms with van der Waals surface area (Å²) in [5.41, 5.74) is 9.38. The van der Waals surface area contributed by atoms with Gasteiger partial charge in [-0.2, -0.15) is 4.98 Å². The molecular weight excluding hydrogens is 336 g/mol. The maximum absolute atomic E-state index is 11.5. The van der Waals surface area contributed by atoms with Crippen LogP contribution in [-0.2, 0) is 4.74 Å². The lowest BCUT2D eigenvalue weighted by molar-refractivity contribution is -0.0549. The van der Waals surface area contributed by atoms with Gasteiger partial charge in [0.15, 0.2) is 6.23 Å². The summed E-state index contributed by atoms with van der Waals surface area (Å²) < 4.78 is 6.19. The number of nitrogens with one attached hydrogen (secondary N) is 1. The summed E-state index contributed by atoms with van der Waals surface area (Å²) >= 11 is 0. The van der Waals surface area contributed by atoms with Gasteiger partial charge in [-0.3, -0.25) is 9.55 Å². The third kappa shape index (κ3) is 4.39. The largest absolute Gasteiger partial charge is 0.394 e. The van der Waals surface area contributed by atoms with E-state index in [0.29, 0.717) is 5.82 Å². The third-order valence-corrected chi connectivity index (χ3v) is 3.34. The Morgan fingerprint density at radius 1 is 1.24 bits per heavy atom. The Bertz CT molecular complexity index is 823. The fourth-order valence-corrected chi connectivity index (χ4v) is 2.11. The molecule has 136 valence electrons. The number of aliphatic hydroxyl groups is 3. The van der Waals surface area contributed by atoms with Crippen LogP contribution in [-0.4, -0.2) is 59.8 Å². The van der Waals surface area contributed by atoms with Crippen LogP contribution in [0.5, 0.6) is 0 Å². The SMILES string of the molecule is Nc1ccn([C@@H]2O[C@H](CO)[C@@H](O)[C@@H]2O)c(=O)n1.Nc1ccnc(=O)[nH]1. The van der Waals surface area contributed by atoms with Crippen LogP contribution in [0.4, 0.5) is 11.6 Å². The molecule has 1 aliphatic heterocycles. The van der Waals surface area contributed by atoms with Crippen molar-refractivity contribution in [2.75, 3.05) is 18.1 Å². The zero-order valence-electron chi connectivity index (χ0n) is 12.9. The highest BCUT2D eigenvalue weighted by Gasteiger charge is 2.43. The monoisotopic (exact) mass is 354 g/mol. The summed E-state index contributed by atoms with van der Waals surface area (Å²) in [7, 11) is 0. The van der Waals surface area contributed by atoms with Gasteiger partial charge >= 0.3 is 11.4 Å². The standard InChI is InChI=1S/C9H13N3O5.C4H5N3O/c10-5-1-2-12(9(16)11-5)8-7(15)6(14)4(3-13)17-8;5-3-1-2-6-4(8)7-3/h1-2,4,6-8,13-15H,3H2,(H2,10,11,16);1-2H,(H3,5,6,7,8)/t4-,6-,7+,8-;/m1./s1. The molecule has 2 aromatic heterocycles. The minimum absolute atomic E-state index is 0.0537. The van der Waals surface area contributed by atoms with Crippen LogP contribution >= 0.6 is 0 Å². The Morgan fingerprint density at radius 3 is 2.44 bits per heavy atom. The number of aliphatic hydroxyl groups excluding tert-OH is 3. The first-order chi connectivity index (χ1) is 11.8. The Kier molecular flexibility index (Phi) is 5.82. The molecule has 0 aromatic carbocycles. The van der Waals surface area contributed by atoms with Gasteiger partial charge in [0.2, 0.25) is 0 Å². The van der Waals surface area contributed by atoms with Gasteiger partial charge in [-0.05, 0) is 12.1 Å². The molecule has 0 saturated carbocycles. The second-order valence-electron chi connectivity index (χ2n) is 5.10. The number of hydrogen-bond donors (Lipinski definition) is 6. The number of rotatable bonds is 2. The first-order valence-electron chi connectivity index (χ1n) is 7.11. The average Bonchev–Trinajstić information content (AvgIpc) is 2.83. The molecule has 12 heteroatoms. The van der Waals surface area contributed by atoms with Gasteiger partial charge in [0.05, 0.1) is 6.61 Å². The molecule has 0 unspecified atom stereocenters. The molecule has 3 heterocycles. The Hall–Kier alpha value is -2.80. The van der Waals surface area contributed by atoms with Crippen molar-refractivity contribution in [2.24, 2.45) is 0 Å². The van der Waals surface area contributed by atoms with Crippen LogP contribution in [0.2, 0.25) is 0 Å². The van der Waals surface area contributed by atoms with Crippen LogP contribution < -0.4 is 22.8 Å². The zero-order valence-corrected chi connectivity index (χ0v) is 12.9. The van der Waals surface area contributed by atoms with Gasteiger partial charge in [-0.25, -0.2) is 14.6 Å². The van der Waals surface area contributed by atoms with E-state index in [2.05, 4.69) is 15.0 Å². The van der Waals surface area contributed by atoms with E-state index < -0.39 is 42.5 Å². The number of hydrogen-bond acceptors (Lipinski definition) is 10. The molecular formula is C13H18N6O6. The van der Waals surface area contributed by atoms with Crippen LogP contribution in [0.3, 0.4) is 0 Å². The number of ether oxygens (including phenoxy) is 1. The van der Waals surface area contributed by atoms with Crippen molar-refractivity contribution in [1.29, 1.82) is 0 Å². The molecule has 0 amide bonds. The van der Waals surface area contributed by atoms with Crippen LogP contribution in [0.1, 0.15) is 6.23 Å². The molecule has 2 aromatic rings. The molecule has 3 rings (SSSR count). The van der Waals surface area contributed by atoms with Crippen molar-refractivity contribution in [1.82, 2.24) is 19.5 Å². The quantitative estimate of drug-likeness (QED) is 0.318. The Labute approximate surface area is 140 Å². The number of nitrogens with two attached hydrogens (primary N) is 2. The van der Waals surface area contributed by atoms with Gasteiger partial charge in [-0.1, -0.05) is 0 Å². The number of H-pyrrole nitrogens is 1. The summed E-state index contributed by atoms with van der Waals surface area (Å²) in [5, 5.41) is 28.2. The third-order valence-electron chi connectivity index (χ3n) is 3.34. The van der Waals surface area contributed by atoms with Crippen molar-refractivity contribution in [3.63, 3.8) is 0 Å². The summed E-state index contributed by atoms with van der Waals surface area (Å²) in [6, 6.07) is 2.89. The molecule has 0 aliphatic carbocycles. The number of nitrogens with zero attached hydrogens (tertiary/aromatic N) is 3. The number of aromatic nitrogens is 4. The lowest BCUT2D eigenvalue weighted by atomic mass is 10.1. The first kappa shape index (κ1) is 18.5. The second kappa shape index (κ2) is 7.85. The fraction of sp³-hybridized carbons (Fsp3) is 0.385. The Morgan fingerprint density at radius 2 is 1.96 bits per heavy atom. The van der Waals surface area contributed by atoms with Crippen molar-refractivity contribution in [3.05, 3.63) is 45.5 Å². The molecule has 25 heavy (non-hydrogen) atoms. The van der Waals surface area contributed by atoms with E-state index in [1.165, 1.54) is 24.5 Å². The van der Waals surface area contributed by atoms with E-state index in [0.717, 1.165) is 4.57 Å². The van der Waals surface area contributed by atoms with Gasteiger partial charge in [-0.15, -0.1) is 0 Å². The maximum Gasteiger partial charge on any atom is 0.351 e. The Balaban J connectivity index is 0.000000236. The molecule has 12 nitrogen and oxygen atoms in total. The van der Waals surface area contributed by atoms with E-state index in [1.54, 1.807) is 0 Å². The van der Waals surface area contributed by atoms with Gasteiger partial charge < -0.3 is 31.5 Å². The predicted molar refractivity (Wildman–Crippen MR) is 85.2 cm³/mol. The van der Waals surface area contributed by atoms with Crippen molar-refractivity contribution in [3.8, 4) is 0 Å². The highest BCUT2D eigenvalue weighted by molar-refractivity contribution is 5.23. The van der Waals surface area contributed by atoms with Gasteiger partial charge in [0.25, 0.3) is 0 Å². The van der Waals surface area contributed by atoms with Crippen molar-refractivity contribution in [2.45, 2.75) is 24.5 Å². The lowest BCUT2D eigenvalue weighted by Crippen LogP contribution is -2.36. The number of anilines is 2. The molecule has 4 atom stereocenters. The van der Waals surface area contributed by atoms with Gasteiger partial charge in [0, 0.05) is 12.4 Å². The van der Waals surface area contributed by atoms with E-state index >= 15 is 0 Å². The van der Waals surface area contributed by atoms with Crippen LogP contribution in [0, 0.1) is 0 Å². The average molecular weight is 354 g/mol. The van der Waals surface area contributed by atoms with Crippen molar-refractivity contribution < 1.29 is 20.1 Å². The van der Waals surface area contributed by atoms with Gasteiger partial charge in [0.1, 0.15) is 29.9 Å². The summed E-state index contributed by atoms with van der Waals surface area (Å²) in [6.45, 7) is -0.453. The lowest BCUT2D eigenvalue weighted by Gasteiger charge is -2.16. The molecule has 0 radical (unpaired) electrons. The summed E-state index contributed by atoms with van der Waals surface area (Å²) in [6.07, 6.45) is -1.91. The maximum atomic E-state index is 11.5. The normalized spacial score (nSPS) is 25.2. The molecule has 1 saturated heterocycles. The van der Waals surface area contributed by atoms with E-state index in [4.69, 9.17) is 21.3 Å². The predicted octanol–water partition coefficient (Wildman–Crippen LogP) is -3.21. The number of nitrogen functional groups attached to an aromatic ring is 2. The number of aromatic amines is 1. The molecule has 1 aliphatic rings. The zero-order chi connectivity index (χ0) is 18.6.